The van der Waals surface area contributed by atoms with Crippen molar-refractivity contribution in [2.45, 2.75) is 0 Å². The molecular formula is C9H7Br2N5O. The monoisotopic (exact) mass is 359 g/mol. The third-order valence-electron chi connectivity index (χ3n) is 1.86. The summed E-state index contributed by atoms with van der Waals surface area (Å²) in [5.41, 5.74) is 0.499. The summed E-state index contributed by atoms with van der Waals surface area (Å²) >= 11 is 6.63. The van der Waals surface area contributed by atoms with Crippen LogP contribution >= 0.6 is 31.9 Å². The fourth-order valence-corrected chi connectivity index (χ4v) is 2.49. The van der Waals surface area contributed by atoms with Crippen LogP contribution < -0.4 is 5.32 Å². The number of carbonyl (C=O) groups is 1. The normalized spacial score (nSPS) is 10.3. The van der Waals surface area contributed by atoms with E-state index in [2.05, 4.69) is 52.6 Å². The van der Waals surface area contributed by atoms with E-state index in [9.17, 15) is 4.79 Å². The quantitative estimate of drug-likeness (QED) is 0.888. The van der Waals surface area contributed by atoms with Crippen molar-refractivity contribution in [2.75, 3.05) is 5.32 Å². The van der Waals surface area contributed by atoms with Crippen LogP contribution in [0.25, 0.3) is 0 Å². The molecule has 0 saturated carbocycles. The lowest BCUT2D eigenvalue weighted by Gasteiger charge is -2.02. The van der Waals surface area contributed by atoms with Crippen LogP contribution in [0.3, 0.4) is 0 Å². The van der Waals surface area contributed by atoms with Crippen molar-refractivity contribution >= 4 is 43.7 Å². The number of aryl methyl sites for hydroxylation is 1. The Morgan fingerprint density at radius 1 is 1.29 bits per heavy atom. The number of rotatable bonds is 2. The molecule has 0 bridgehead atoms. The van der Waals surface area contributed by atoms with Gasteiger partial charge in [-0.3, -0.25) is 10.1 Å². The standard InChI is InChI=1S/C9H7Br2N5O/c1-16-14-9(13-15-16)12-8(17)5-2-6(10)4-7(11)3-5/h2-4H,1H3,(H,12,14,17). The van der Waals surface area contributed by atoms with Gasteiger partial charge in [0.05, 0.1) is 7.05 Å². The predicted octanol–water partition coefficient (Wildman–Crippen LogP) is 1.99. The lowest BCUT2D eigenvalue weighted by atomic mass is 10.2. The van der Waals surface area contributed by atoms with E-state index in [0.29, 0.717) is 5.56 Å². The maximum atomic E-state index is 11.9. The number of amides is 1. The Hall–Kier alpha value is -1.28. The van der Waals surface area contributed by atoms with Crippen LogP contribution in [0.15, 0.2) is 27.1 Å². The maximum Gasteiger partial charge on any atom is 0.270 e. The van der Waals surface area contributed by atoms with Crippen LogP contribution in [0.2, 0.25) is 0 Å². The molecule has 0 aliphatic heterocycles. The molecule has 0 saturated heterocycles. The first-order chi connectivity index (χ1) is 8.04. The van der Waals surface area contributed by atoms with E-state index in [1.807, 2.05) is 6.07 Å². The SMILES string of the molecule is Cn1nnc(NC(=O)c2cc(Br)cc(Br)c2)n1. The molecule has 0 aliphatic carbocycles. The summed E-state index contributed by atoms with van der Waals surface area (Å²) in [6, 6.07) is 5.25. The zero-order valence-electron chi connectivity index (χ0n) is 8.69. The van der Waals surface area contributed by atoms with E-state index in [-0.39, 0.29) is 11.9 Å². The van der Waals surface area contributed by atoms with E-state index >= 15 is 0 Å². The van der Waals surface area contributed by atoms with Crippen molar-refractivity contribution in [2.24, 2.45) is 7.05 Å². The molecule has 1 aromatic heterocycles. The number of tetrazole rings is 1. The van der Waals surface area contributed by atoms with Crippen molar-refractivity contribution in [3.8, 4) is 0 Å². The fraction of sp³-hybridized carbons (Fsp3) is 0.111. The lowest BCUT2D eigenvalue weighted by Crippen LogP contribution is -2.13. The van der Waals surface area contributed by atoms with Gasteiger partial charge in [-0.15, -0.1) is 5.10 Å². The van der Waals surface area contributed by atoms with Crippen molar-refractivity contribution in [3.05, 3.63) is 32.7 Å². The Morgan fingerprint density at radius 3 is 2.47 bits per heavy atom. The highest BCUT2D eigenvalue weighted by Crippen LogP contribution is 2.20. The Balaban J connectivity index is 2.19. The summed E-state index contributed by atoms with van der Waals surface area (Å²) in [5, 5.41) is 13.7. The molecule has 0 spiro atoms. The van der Waals surface area contributed by atoms with E-state index < -0.39 is 0 Å². The molecule has 0 aliphatic rings. The summed E-state index contributed by atoms with van der Waals surface area (Å²) in [6.07, 6.45) is 0. The summed E-state index contributed by atoms with van der Waals surface area (Å²) in [5.74, 6) is -0.117. The van der Waals surface area contributed by atoms with E-state index in [1.165, 1.54) is 4.80 Å². The third kappa shape index (κ3) is 3.10. The van der Waals surface area contributed by atoms with Gasteiger partial charge in [0.15, 0.2) is 0 Å². The molecule has 1 aromatic carbocycles. The minimum atomic E-state index is -0.292. The minimum absolute atomic E-state index is 0.175. The molecule has 17 heavy (non-hydrogen) atoms. The summed E-state index contributed by atoms with van der Waals surface area (Å²) in [4.78, 5) is 13.1. The second-order valence-corrected chi connectivity index (χ2v) is 5.05. The molecule has 2 aromatic rings. The third-order valence-corrected chi connectivity index (χ3v) is 2.77. The molecule has 0 unspecified atom stereocenters. The van der Waals surface area contributed by atoms with Gasteiger partial charge in [-0.05, 0) is 23.4 Å². The van der Waals surface area contributed by atoms with E-state index in [0.717, 1.165) is 8.95 Å². The topological polar surface area (TPSA) is 72.7 Å². The van der Waals surface area contributed by atoms with Crippen molar-refractivity contribution < 1.29 is 4.79 Å². The van der Waals surface area contributed by atoms with Crippen LogP contribution in [-0.4, -0.2) is 26.1 Å². The number of nitrogens with zero attached hydrogens (tertiary/aromatic N) is 4. The van der Waals surface area contributed by atoms with Gasteiger partial charge in [0.1, 0.15) is 0 Å². The van der Waals surface area contributed by atoms with Gasteiger partial charge in [-0.25, -0.2) is 0 Å². The van der Waals surface area contributed by atoms with Crippen LogP contribution in [-0.2, 0) is 7.05 Å². The van der Waals surface area contributed by atoms with Crippen LogP contribution in [0.5, 0.6) is 0 Å². The summed E-state index contributed by atoms with van der Waals surface area (Å²) in [7, 11) is 1.62. The molecule has 0 fully saturated rings. The Labute approximate surface area is 114 Å². The first kappa shape index (κ1) is 12.2. The highest BCUT2D eigenvalue weighted by molar-refractivity contribution is 9.11. The zero-order valence-corrected chi connectivity index (χ0v) is 11.9. The molecule has 6 nitrogen and oxygen atoms in total. The Morgan fingerprint density at radius 2 is 1.94 bits per heavy atom. The molecule has 1 amide bonds. The van der Waals surface area contributed by atoms with Crippen molar-refractivity contribution in [1.82, 2.24) is 20.2 Å². The number of anilines is 1. The average molecular weight is 361 g/mol. The molecule has 1 N–H and O–H groups in total. The second kappa shape index (κ2) is 4.92. The fourth-order valence-electron chi connectivity index (χ4n) is 1.19. The predicted molar refractivity (Wildman–Crippen MR) is 68.6 cm³/mol. The maximum absolute atomic E-state index is 11.9. The number of hydrogen-bond donors (Lipinski definition) is 1. The lowest BCUT2D eigenvalue weighted by molar-refractivity contribution is 0.102. The highest BCUT2D eigenvalue weighted by atomic mass is 79.9. The molecule has 1 heterocycles. The minimum Gasteiger partial charge on any atom is -0.288 e. The van der Waals surface area contributed by atoms with Crippen molar-refractivity contribution in [3.63, 3.8) is 0 Å². The Bertz CT molecular complexity index is 548. The van der Waals surface area contributed by atoms with Gasteiger partial charge in [0, 0.05) is 14.5 Å². The molecule has 2 rings (SSSR count). The van der Waals surface area contributed by atoms with Gasteiger partial charge < -0.3 is 0 Å². The molecule has 8 heteroatoms. The highest BCUT2D eigenvalue weighted by Gasteiger charge is 2.10. The van der Waals surface area contributed by atoms with E-state index in [1.54, 1.807) is 19.2 Å². The van der Waals surface area contributed by atoms with E-state index in [4.69, 9.17) is 0 Å². The van der Waals surface area contributed by atoms with Crippen LogP contribution in [0.1, 0.15) is 10.4 Å². The summed E-state index contributed by atoms with van der Waals surface area (Å²) < 4.78 is 1.62. The number of carbonyl (C=O) groups excluding carboxylic acids is 1. The first-order valence-electron chi connectivity index (χ1n) is 4.56. The molecule has 0 atom stereocenters. The smallest absolute Gasteiger partial charge is 0.270 e. The number of halogens is 2. The molecular weight excluding hydrogens is 354 g/mol. The summed E-state index contributed by atoms with van der Waals surface area (Å²) in [6.45, 7) is 0. The van der Waals surface area contributed by atoms with Crippen molar-refractivity contribution in [1.29, 1.82) is 0 Å². The number of benzene rings is 1. The average Bonchev–Trinajstić information content (AvgIpc) is 2.62. The van der Waals surface area contributed by atoms with Gasteiger partial charge in [0.2, 0.25) is 0 Å². The van der Waals surface area contributed by atoms with Crippen LogP contribution in [0, 0.1) is 0 Å². The molecule has 0 radical (unpaired) electrons. The number of hydrogen-bond acceptors (Lipinski definition) is 4. The largest absolute Gasteiger partial charge is 0.288 e. The zero-order chi connectivity index (χ0) is 12.4. The number of nitrogens with one attached hydrogen (secondary N) is 1. The first-order valence-corrected chi connectivity index (χ1v) is 6.14. The van der Waals surface area contributed by atoms with Gasteiger partial charge >= 0.3 is 0 Å². The Kier molecular flexibility index (Phi) is 3.53. The van der Waals surface area contributed by atoms with Crippen LogP contribution in [0.4, 0.5) is 5.95 Å². The number of aromatic nitrogens is 4. The second-order valence-electron chi connectivity index (χ2n) is 3.21. The van der Waals surface area contributed by atoms with Gasteiger partial charge in [-0.2, -0.15) is 4.80 Å². The molecule has 88 valence electrons. The van der Waals surface area contributed by atoms with Gasteiger partial charge in [-0.1, -0.05) is 37.0 Å². The van der Waals surface area contributed by atoms with Gasteiger partial charge in [0.25, 0.3) is 11.9 Å².